The third-order valence-corrected chi connectivity index (χ3v) is 4.91. The molecular formula is C19H21Cl2N3. The van der Waals surface area contributed by atoms with Gasteiger partial charge >= 0.3 is 0 Å². The Kier molecular flexibility index (Phi) is 5.64. The second-order valence-corrected chi connectivity index (χ2v) is 6.93. The van der Waals surface area contributed by atoms with Gasteiger partial charge in [-0.2, -0.15) is 0 Å². The number of nitrogens with one attached hydrogen (secondary N) is 2. The Bertz CT molecular complexity index is 687. The van der Waals surface area contributed by atoms with Crippen molar-refractivity contribution in [3.05, 3.63) is 58.7 Å². The molecule has 126 valence electrons. The molecule has 0 unspecified atom stereocenters. The number of aromatic nitrogens is 1. The fourth-order valence-electron chi connectivity index (χ4n) is 3.03. The van der Waals surface area contributed by atoms with Gasteiger partial charge in [-0.15, -0.1) is 0 Å². The van der Waals surface area contributed by atoms with Crippen LogP contribution in [0.4, 0.5) is 11.5 Å². The average Bonchev–Trinajstić information content (AvgIpc) is 2.57. The lowest BCUT2D eigenvalue weighted by Gasteiger charge is -2.23. The molecule has 1 heterocycles. The maximum absolute atomic E-state index is 6.21. The van der Waals surface area contributed by atoms with Crippen LogP contribution in [-0.4, -0.2) is 11.0 Å². The molecule has 1 saturated carbocycles. The normalized spacial score (nSPS) is 15.1. The molecule has 3 nitrogen and oxygen atoms in total. The van der Waals surface area contributed by atoms with Crippen molar-refractivity contribution in [2.45, 2.75) is 38.1 Å². The number of rotatable bonds is 5. The van der Waals surface area contributed by atoms with Crippen molar-refractivity contribution in [2.75, 3.05) is 10.6 Å². The highest BCUT2D eigenvalue weighted by molar-refractivity contribution is 6.37. The van der Waals surface area contributed by atoms with E-state index in [1.807, 2.05) is 18.2 Å². The molecule has 0 saturated heterocycles. The molecule has 1 aliphatic carbocycles. The summed E-state index contributed by atoms with van der Waals surface area (Å²) < 4.78 is 0. The minimum absolute atomic E-state index is 0.543. The van der Waals surface area contributed by atoms with E-state index in [4.69, 9.17) is 23.2 Å². The highest BCUT2D eigenvalue weighted by Crippen LogP contribution is 2.31. The number of pyridine rings is 1. The largest absolute Gasteiger partial charge is 0.367 e. The molecule has 0 aliphatic heterocycles. The monoisotopic (exact) mass is 361 g/mol. The first-order valence-electron chi connectivity index (χ1n) is 8.26. The van der Waals surface area contributed by atoms with Gasteiger partial charge in [0.15, 0.2) is 0 Å². The lowest BCUT2D eigenvalue weighted by molar-refractivity contribution is 0.462. The Balaban J connectivity index is 1.64. The van der Waals surface area contributed by atoms with Crippen LogP contribution in [0.5, 0.6) is 0 Å². The lowest BCUT2D eigenvalue weighted by Crippen LogP contribution is -2.22. The summed E-state index contributed by atoms with van der Waals surface area (Å²) in [6.07, 6.45) is 8.20. The molecule has 0 radical (unpaired) electrons. The maximum Gasteiger partial charge on any atom is 0.126 e. The van der Waals surface area contributed by atoms with E-state index in [0.29, 0.717) is 27.3 Å². The summed E-state index contributed by atoms with van der Waals surface area (Å²) in [5, 5.41) is 7.87. The van der Waals surface area contributed by atoms with Crippen LogP contribution < -0.4 is 10.6 Å². The van der Waals surface area contributed by atoms with E-state index < -0.39 is 0 Å². The molecule has 0 spiro atoms. The van der Waals surface area contributed by atoms with Crippen molar-refractivity contribution in [1.82, 2.24) is 4.98 Å². The summed E-state index contributed by atoms with van der Waals surface area (Å²) in [6.45, 7) is 4.03. The Morgan fingerprint density at radius 2 is 1.75 bits per heavy atom. The van der Waals surface area contributed by atoms with Gasteiger partial charge in [0, 0.05) is 17.3 Å². The van der Waals surface area contributed by atoms with E-state index in [9.17, 15) is 0 Å². The Hall–Kier alpha value is -1.71. The number of hydrogen-bond acceptors (Lipinski definition) is 3. The van der Waals surface area contributed by atoms with Crippen molar-refractivity contribution in [3.63, 3.8) is 0 Å². The third kappa shape index (κ3) is 4.22. The first-order valence-corrected chi connectivity index (χ1v) is 9.02. The van der Waals surface area contributed by atoms with E-state index in [1.54, 1.807) is 18.3 Å². The van der Waals surface area contributed by atoms with Crippen LogP contribution in [0.1, 0.15) is 37.7 Å². The van der Waals surface area contributed by atoms with Crippen LogP contribution >= 0.6 is 23.2 Å². The topological polar surface area (TPSA) is 37.0 Å². The maximum atomic E-state index is 6.21. The molecule has 1 aliphatic rings. The minimum Gasteiger partial charge on any atom is -0.367 e. The van der Waals surface area contributed by atoms with Crippen LogP contribution in [-0.2, 0) is 0 Å². The molecule has 5 heteroatoms. The standard InChI is InChI=1S/C19H21Cl2N3/c1-13(19-16(20)8-5-9-17(19)21)23-15-10-11-18(22-12-15)24-14-6-3-2-4-7-14/h5,8-12,14,23H,1-4,6-7H2,(H,22,24). The molecule has 1 aromatic heterocycles. The van der Waals surface area contributed by atoms with E-state index in [1.165, 1.54) is 32.1 Å². The van der Waals surface area contributed by atoms with Crippen molar-refractivity contribution in [1.29, 1.82) is 0 Å². The molecule has 0 amide bonds. The van der Waals surface area contributed by atoms with Gasteiger partial charge in [-0.3, -0.25) is 0 Å². The van der Waals surface area contributed by atoms with Gasteiger partial charge in [-0.1, -0.05) is 55.1 Å². The zero-order valence-electron chi connectivity index (χ0n) is 13.5. The van der Waals surface area contributed by atoms with Crippen LogP contribution in [0.2, 0.25) is 10.0 Å². The molecule has 24 heavy (non-hydrogen) atoms. The fraction of sp³-hybridized carbons (Fsp3) is 0.316. The Morgan fingerprint density at radius 1 is 1.04 bits per heavy atom. The molecule has 2 aromatic rings. The smallest absolute Gasteiger partial charge is 0.126 e. The molecule has 1 fully saturated rings. The van der Waals surface area contributed by atoms with Crippen LogP contribution in [0.25, 0.3) is 5.70 Å². The molecule has 0 atom stereocenters. The lowest BCUT2D eigenvalue weighted by atomic mass is 9.95. The van der Waals surface area contributed by atoms with Gasteiger partial charge in [0.25, 0.3) is 0 Å². The molecular weight excluding hydrogens is 341 g/mol. The van der Waals surface area contributed by atoms with Gasteiger partial charge in [0.1, 0.15) is 5.82 Å². The fourth-order valence-corrected chi connectivity index (χ4v) is 3.66. The highest BCUT2D eigenvalue weighted by atomic mass is 35.5. The van der Waals surface area contributed by atoms with Gasteiger partial charge in [-0.05, 0) is 37.1 Å². The average molecular weight is 362 g/mol. The number of hydrogen-bond donors (Lipinski definition) is 2. The second kappa shape index (κ2) is 7.91. The third-order valence-electron chi connectivity index (χ3n) is 4.28. The van der Waals surface area contributed by atoms with E-state index >= 15 is 0 Å². The molecule has 2 N–H and O–H groups in total. The summed E-state index contributed by atoms with van der Waals surface area (Å²) in [7, 11) is 0. The van der Waals surface area contributed by atoms with Gasteiger partial charge in [0.05, 0.1) is 21.9 Å². The summed E-state index contributed by atoms with van der Waals surface area (Å²) in [5.41, 5.74) is 2.22. The minimum atomic E-state index is 0.543. The van der Waals surface area contributed by atoms with Gasteiger partial charge in [0.2, 0.25) is 0 Å². The van der Waals surface area contributed by atoms with E-state index in [-0.39, 0.29) is 0 Å². The van der Waals surface area contributed by atoms with Gasteiger partial charge in [-0.25, -0.2) is 4.98 Å². The van der Waals surface area contributed by atoms with Gasteiger partial charge < -0.3 is 10.6 Å². The summed E-state index contributed by atoms with van der Waals surface area (Å²) in [6, 6.07) is 9.92. The zero-order chi connectivity index (χ0) is 16.9. The molecule has 1 aromatic carbocycles. The zero-order valence-corrected chi connectivity index (χ0v) is 15.0. The molecule has 0 bridgehead atoms. The van der Waals surface area contributed by atoms with Crippen LogP contribution in [0.3, 0.4) is 0 Å². The summed E-state index contributed by atoms with van der Waals surface area (Å²) in [4.78, 5) is 4.48. The van der Waals surface area contributed by atoms with E-state index in [2.05, 4.69) is 22.2 Å². The predicted octanol–water partition coefficient (Wildman–Crippen LogP) is 6.22. The van der Waals surface area contributed by atoms with Crippen molar-refractivity contribution in [3.8, 4) is 0 Å². The van der Waals surface area contributed by atoms with Crippen molar-refractivity contribution in [2.24, 2.45) is 0 Å². The van der Waals surface area contributed by atoms with Crippen molar-refractivity contribution < 1.29 is 0 Å². The van der Waals surface area contributed by atoms with Crippen LogP contribution in [0.15, 0.2) is 43.1 Å². The quantitative estimate of drug-likeness (QED) is 0.663. The highest BCUT2D eigenvalue weighted by Gasteiger charge is 2.13. The number of halogens is 2. The summed E-state index contributed by atoms with van der Waals surface area (Å²) in [5.74, 6) is 0.911. The van der Waals surface area contributed by atoms with Crippen molar-refractivity contribution >= 4 is 40.4 Å². The second-order valence-electron chi connectivity index (χ2n) is 6.11. The summed E-state index contributed by atoms with van der Waals surface area (Å²) >= 11 is 12.4. The van der Waals surface area contributed by atoms with E-state index in [0.717, 1.165) is 11.5 Å². The first-order chi connectivity index (χ1) is 11.6. The van der Waals surface area contributed by atoms with Crippen LogP contribution in [0, 0.1) is 0 Å². The first kappa shape index (κ1) is 17.1. The SMILES string of the molecule is C=C(Nc1ccc(NC2CCCCC2)nc1)c1c(Cl)cccc1Cl. The Morgan fingerprint density at radius 3 is 2.38 bits per heavy atom. The number of anilines is 2. The number of benzene rings is 1. The Labute approximate surface area is 153 Å². The number of nitrogens with zero attached hydrogens (tertiary/aromatic N) is 1. The predicted molar refractivity (Wildman–Crippen MR) is 104 cm³/mol. The molecule has 3 rings (SSSR count).